The number of hydrogen-bond acceptors (Lipinski definition) is 5. The van der Waals surface area contributed by atoms with Crippen LogP contribution in [0, 0.1) is 12.8 Å². The van der Waals surface area contributed by atoms with Crippen molar-refractivity contribution in [2.24, 2.45) is 5.92 Å². The van der Waals surface area contributed by atoms with Gasteiger partial charge in [-0.2, -0.15) is 8.42 Å². The van der Waals surface area contributed by atoms with Gasteiger partial charge in [0.25, 0.3) is 10.1 Å². The number of amides is 2. The first-order chi connectivity index (χ1) is 13.9. The molecule has 7 nitrogen and oxygen atoms in total. The minimum absolute atomic E-state index is 0.00190. The van der Waals surface area contributed by atoms with E-state index >= 15 is 0 Å². The highest BCUT2D eigenvalue weighted by Gasteiger charge is 2.29. The zero-order valence-corrected chi connectivity index (χ0v) is 17.6. The summed E-state index contributed by atoms with van der Waals surface area (Å²) in [5, 5.41) is 0. The van der Waals surface area contributed by atoms with Gasteiger partial charge in [-0.05, 0) is 49.9 Å². The second-order valence-corrected chi connectivity index (χ2v) is 9.04. The summed E-state index contributed by atoms with van der Waals surface area (Å²) in [4.78, 5) is 20.3. The Morgan fingerprint density at radius 1 is 1.10 bits per heavy atom. The molecule has 1 aromatic carbocycles. The van der Waals surface area contributed by atoms with Gasteiger partial charge in [-0.15, -0.1) is 0 Å². The maximum absolute atomic E-state index is 12.5. The van der Waals surface area contributed by atoms with Gasteiger partial charge < -0.3 is 4.90 Å². The summed E-state index contributed by atoms with van der Waals surface area (Å²) >= 11 is 0. The van der Waals surface area contributed by atoms with Gasteiger partial charge in [0, 0.05) is 37.7 Å². The molecule has 1 fully saturated rings. The van der Waals surface area contributed by atoms with Crippen molar-refractivity contribution in [1.29, 1.82) is 0 Å². The summed E-state index contributed by atoms with van der Waals surface area (Å²) in [5.41, 5.74) is 1.85. The van der Waals surface area contributed by atoms with Crippen molar-refractivity contribution in [3.05, 3.63) is 54.4 Å². The molecule has 1 atom stereocenters. The summed E-state index contributed by atoms with van der Waals surface area (Å²) in [5.74, 6) is 0.0734. The molecule has 2 heterocycles. The maximum Gasteiger partial charge on any atom is 0.324 e. The average molecular weight is 418 g/mol. The predicted molar refractivity (Wildman–Crippen MR) is 111 cm³/mol. The van der Waals surface area contributed by atoms with Crippen molar-refractivity contribution in [2.75, 3.05) is 31.1 Å². The second-order valence-electron chi connectivity index (χ2n) is 7.43. The second kappa shape index (κ2) is 9.37. The van der Waals surface area contributed by atoms with E-state index < -0.39 is 10.1 Å². The van der Waals surface area contributed by atoms with E-state index in [4.69, 9.17) is 4.18 Å². The van der Waals surface area contributed by atoms with E-state index in [0.29, 0.717) is 19.6 Å². The zero-order valence-electron chi connectivity index (χ0n) is 16.8. The van der Waals surface area contributed by atoms with E-state index in [1.54, 1.807) is 41.6 Å². The van der Waals surface area contributed by atoms with Gasteiger partial charge in [0.2, 0.25) is 0 Å². The first-order valence-electron chi connectivity index (χ1n) is 9.79. The molecule has 0 radical (unpaired) electrons. The Morgan fingerprint density at radius 2 is 1.79 bits per heavy atom. The molecule has 1 aliphatic rings. The normalized spacial score (nSPS) is 15.7. The van der Waals surface area contributed by atoms with Crippen LogP contribution in [-0.4, -0.2) is 50.6 Å². The minimum Gasteiger partial charge on any atom is -0.323 e. The monoisotopic (exact) mass is 417 g/mol. The third kappa shape index (κ3) is 5.55. The number of rotatable bonds is 9. The number of anilines is 1. The molecule has 2 aromatic rings. The Hall–Kier alpha value is -2.45. The standard InChI is InChI=1S/C21H27N3O4S/c1-17-5-7-20(8-6-17)29(26,27)28-16-18(2)4-3-13-23-14-15-24(21(23)25)19-9-11-22-12-10-19/h5-12,18H,3-4,13-16H2,1-2H3. The van der Waals surface area contributed by atoms with E-state index in [9.17, 15) is 13.2 Å². The quantitative estimate of drug-likeness (QED) is 0.584. The number of pyridine rings is 1. The minimum atomic E-state index is -3.74. The van der Waals surface area contributed by atoms with Gasteiger partial charge in [0.1, 0.15) is 0 Å². The van der Waals surface area contributed by atoms with E-state index in [1.807, 2.05) is 30.9 Å². The van der Waals surface area contributed by atoms with E-state index in [2.05, 4.69) is 4.98 Å². The lowest BCUT2D eigenvalue weighted by Gasteiger charge is -2.19. The van der Waals surface area contributed by atoms with Gasteiger partial charge in [0.15, 0.2) is 0 Å². The molecule has 0 saturated carbocycles. The fourth-order valence-electron chi connectivity index (χ4n) is 3.25. The SMILES string of the molecule is Cc1ccc(S(=O)(=O)OCC(C)CCCN2CCN(c3ccncc3)C2=O)cc1. The molecule has 0 spiro atoms. The van der Waals surface area contributed by atoms with Gasteiger partial charge in [0.05, 0.1) is 11.5 Å². The van der Waals surface area contributed by atoms with Crippen molar-refractivity contribution >= 4 is 21.8 Å². The Labute approximate surface area is 172 Å². The van der Waals surface area contributed by atoms with Crippen LogP contribution in [0.2, 0.25) is 0 Å². The fraction of sp³-hybridized carbons (Fsp3) is 0.429. The van der Waals surface area contributed by atoms with Crippen LogP contribution in [0.4, 0.5) is 10.5 Å². The molecule has 1 saturated heterocycles. The molecule has 1 aliphatic heterocycles. The Kier molecular flexibility index (Phi) is 6.87. The van der Waals surface area contributed by atoms with E-state index in [0.717, 1.165) is 24.1 Å². The molecular formula is C21H27N3O4S. The molecule has 1 aromatic heterocycles. The Balaban J connectivity index is 1.41. The van der Waals surface area contributed by atoms with Crippen LogP contribution in [-0.2, 0) is 14.3 Å². The highest BCUT2D eigenvalue weighted by molar-refractivity contribution is 7.86. The number of carbonyl (C=O) groups excluding carboxylic acids is 1. The molecule has 1 unspecified atom stereocenters. The summed E-state index contributed by atoms with van der Waals surface area (Å²) in [6, 6.07) is 10.3. The molecular weight excluding hydrogens is 390 g/mol. The first-order valence-corrected chi connectivity index (χ1v) is 11.2. The Bertz CT molecular complexity index is 917. The number of hydrogen-bond donors (Lipinski definition) is 0. The highest BCUT2D eigenvalue weighted by atomic mass is 32.2. The smallest absolute Gasteiger partial charge is 0.323 e. The van der Waals surface area contributed by atoms with E-state index in [-0.39, 0.29) is 23.5 Å². The molecule has 0 aliphatic carbocycles. The van der Waals surface area contributed by atoms with Crippen molar-refractivity contribution in [3.8, 4) is 0 Å². The van der Waals surface area contributed by atoms with Gasteiger partial charge >= 0.3 is 6.03 Å². The highest BCUT2D eigenvalue weighted by Crippen LogP contribution is 2.20. The Morgan fingerprint density at radius 3 is 2.48 bits per heavy atom. The summed E-state index contributed by atoms with van der Waals surface area (Å²) in [6.07, 6.45) is 4.93. The van der Waals surface area contributed by atoms with Crippen LogP contribution >= 0.6 is 0 Å². The van der Waals surface area contributed by atoms with Crippen LogP contribution in [0.1, 0.15) is 25.3 Å². The number of nitrogens with zero attached hydrogens (tertiary/aromatic N) is 3. The van der Waals surface area contributed by atoms with Crippen LogP contribution in [0.5, 0.6) is 0 Å². The van der Waals surface area contributed by atoms with Crippen molar-refractivity contribution in [1.82, 2.24) is 9.88 Å². The number of benzene rings is 1. The molecule has 2 amide bonds. The van der Waals surface area contributed by atoms with Crippen LogP contribution in [0.3, 0.4) is 0 Å². The summed E-state index contributed by atoms with van der Waals surface area (Å²) < 4.78 is 29.7. The number of carbonyl (C=O) groups is 1. The number of urea groups is 1. The van der Waals surface area contributed by atoms with Crippen LogP contribution < -0.4 is 4.90 Å². The molecule has 29 heavy (non-hydrogen) atoms. The zero-order chi connectivity index (χ0) is 20.9. The van der Waals surface area contributed by atoms with Crippen LogP contribution in [0.25, 0.3) is 0 Å². The first kappa shape index (κ1) is 21.3. The van der Waals surface area contributed by atoms with Crippen molar-refractivity contribution in [3.63, 3.8) is 0 Å². The molecule has 8 heteroatoms. The lowest BCUT2D eigenvalue weighted by molar-refractivity contribution is 0.215. The topological polar surface area (TPSA) is 79.8 Å². The lowest BCUT2D eigenvalue weighted by Crippen LogP contribution is -2.32. The lowest BCUT2D eigenvalue weighted by atomic mass is 10.1. The third-order valence-corrected chi connectivity index (χ3v) is 6.31. The number of aromatic nitrogens is 1. The van der Waals surface area contributed by atoms with Crippen molar-refractivity contribution < 1.29 is 17.4 Å². The summed E-state index contributed by atoms with van der Waals surface area (Å²) in [7, 11) is -3.74. The average Bonchev–Trinajstić information content (AvgIpc) is 3.08. The van der Waals surface area contributed by atoms with Crippen LogP contribution in [0.15, 0.2) is 53.7 Å². The van der Waals surface area contributed by atoms with Gasteiger partial charge in [-0.25, -0.2) is 4.79 Å². The van der Waals surface area contributed by atoms with Gasteiger partial charge in [-0.1, -0.05) is 24.6 Å². The van der Waals surface area contributed by atoms with Crippen molar-refractivity contribution in [2.45, 2.75) is 31.6 Å². The molecule has 3 rings (SSSR count). The number of aryl methyl sites for hydroxylation is 1. The summed E-state index contributed by atoms with van der Waals surface area (Å²) in [6.45, 7) is 5.99. The molecule has 156 valence electrons. The predicted octanol–water partition coefficient (Wildman–Crippen LogP) is 3.45. The fourth-order valence-corrected chi connectivity index (χ4v) is 4.26. The largest absolute Gasteiger partial charge is 0.324 e. The maximum atomic E-state index is 12.5. The molecule has 0 N–H and O–H groups in total. The van der Waals surface area contributed by atoms with Gasteiger partial charge in [-0.3, -0.25) is 14.1 Å². The molecule has 0 bridgehead atoms. The third-order valence-electron chi connectivity index (χ3n) is 5.01. The van der Waals surface area contributed by atoms with E-state index in [1.165, 1.54) is 0 Å².